The van der Waals surface area contributed by atoms with E-state index in [0.29, 0.717) is 6.61 Å². The minimum Gasteiger partial charge on any atom is -0.396 e. The number of rotatable bonds is 7. The molecule has 78 valence electrons. The van der Waals surface area contributed by atoms with Crippen molar-refractivity contribution in [3.8, 4) is 0 Å². The number of aliphatic hydroxyl groups is 1. The second kappa shape index (κ2) is 6.35. The van der Waals surface area contributed by atoms with Gasteiger partial charge in [0.25, 0.3) is 0 Å². The van der Waals surface area contributed by atoms with Crippen molar-refractivity contribution in [3.63, 3.8) is 0 Å². The van der Waals surface area contributed by atoms with Crippen LogP contribution in [0.25, 0.3) is 0 Å². The van der Waals surface area contributed by atoms with Crippen molar-refractivity contribution >= 4 is 0 Å². The van der Waals surface area contributed by atoms with Gasteiger partial charge < -0.3 is 15.3 Å². The molecule has 1 aliphatic heterocycles. The lowest BCUT2D eigenvalue weighted by atomic mass is 10.1. The Hall–Kier alpha value is -0.120. The van der Waals surface area contributed by atoms with E-state index < -0.39 is 0 Å². The van der Waals surface area contributed by atoms with Crippen molar-refractivity contribution in [2.45, 2.75) is 31.7 Å². The molecular formula is C10H22N2O. The lowest BCUT2D eigenvalue weighted by molar-refractivity contribution is 0.176. The van der Waals surface area contributed by atoms with Crippen LogP contribution in [-0.4, -0.2) is 49.3 Å². The average molecular weight is 186 g/mol. The van der Waals surface area contributed by atoms with Crippen molar-refractivity contribution < 1.29 is 5.11 Å². The summed E-state index contributed by atoms with van der Waals surface area (Å²) < 4.78 is 0. The molecule has 1 saturated heterocycles. The molecular weight excluding hydrogens is 164 g/mol. The number of aliphatic hydroxyl groups excluding tert-OH is 1. The molecule has 13 heavy (non-hydrogen) atoms. The average Bonchev–Trinajstić information content (AvgIpc) is 2.01. The topological polar surface area (TPSA) is 35.5 Å². The molecule has 0 saturated carbocycles. The molecule has 0 spiro atoms. The predicted octanol–water partition coefficient (Wildman–Crippen LogP) is 0.443. The number of hydrogen-bond acceptors (Lipinski definition) is 3. The van der Waals surface area contributed by atoms with E-state index in [-0.39, 0.29) is 0 Å². The molecule has 0 amide bonds. The molecule has 0 unspecified atom stereocenters. The van der Waals surface area contributed by atoms with Crippen LogP contribution in [0.2, 0.25) is 0 Å². The number of nitrogens with zero attached hydrogens (tertiary/aromatic N) is 1. The van der Waals surface area contributed by atoms with Gasteiger partial charge in [-0.25, -0.2) is 0 Å². The molecule has 1 fully saturated rings. The first kappa shape index (κ1) is 11.0. The summed E-state index contributed by atoms with van der Waals surface area (Å²) in [5.41, 5.74) is 0. The minimum absolute atomic E-state index is 0.350. The van der Waals surface area contributed by atoms with Crippen LogP contribution >= 0.6 is 0 Å². The lowest BCUT2D eigenvalue weighted by Crippen LogP contribution is -2.55. The van der Waals surface area contributed by atoms with E-state index in [2.05, 4.69) is 17.3 Å². The first-order chi connectivity index (χ1) is 6.34. The molecule has 0 aromatic rings. The van der Waals surface area contributed by atoms with Crippen molar-refractivity contribution in [3.05, 3.63) is 0 Å². The van der Waals surface area contributed by atoms with Crippen LogP contribution in [0, 0.1) is 0 Å². The standard InChI is InChI=1S/C10H22N2O/c1-12(10-8-11-9-10)6-4-2-3-5-7-13/h10-11,13H,2-9H2,1H3. The maximum absolute atomic E-state index is 8.59. The van der Waals surface area contributed by atoms with Gasteiger partial charge in [0.15, 0.2) is 0 Å². The Labute approximate surface area is 81.1 Å². The van der Waals surface area contributed by atoms with E-state index in [1.807, 2.05) is 0 Å². The summed E-state index contributed by atoms with van der Waals surface area (Å²) >= 11 is 0. The van der Waals surface area contributed by atoms with Gasteiger partial charge in [0.1, 0.15) is 0 Å². The summed E-state index contributed by atoms with van der Waals surface area (Å²) in [6.07, 6.45) is 4.67. The molecule has 3 heteroatoms. The summed E-state index contributed by atoms with van der Waals surface area (Å²) in [6, 6.07) is 0.776. The van der Waals surface area contributed by atoms with Gasteiger partial charge in [-0.1, -0.05) is 12.8 Å². The van der Waals surface area contributed by atoms with E-state index in [4.69, 9.17) is 5.11 Å². The summed E-state index contributed by atoms with van der Waals surface area (Å²) in [5.74, 6) is 0. The van der Waals surface area contributed by atoms with Crippen molar-refractivity contribution in [1.82, 2.24) is 10.2 Å². The first-order valence-electron chi connectivity index (χ1n) is 5.36. The Balaban J connectivity index is 1.86. The normalized spacial score (nSPS) is 17.8. The largest absolute Gasteiger partial charge is 0.396 e. The molecule has 1 aliphatic rings. The van der Waals surface area contributed by atoms with Gasteiger partial charge in [-0.05, 0) is 26.4 Å². The highest BCUT2D eigenvalue weighted by Crippen LogP contribution is 2.05. The van der Waals surface area contributed by atoms with Gasteiger partial charge in [-0.15, -0.1) is 0 Å². The molecule has 1 heterocycles. The van der Waals surface area contributed by atoms with Crippen LogP contribution in [0.3, 0.4) is 0 Å². The fourth-order valence-electron chi connectivity index (χ4n) is 1.59. The van der Waals surface area contributed by atoms with E-state index in [1.54, 1.807) is 0 Å². The molecule has 1 rings (SSSR count). The van der Waals surface area contributed by atoms with Gasteiger partial charge in [0, 0.05) is 25.7 Å². The maximum Gasteiger partial charge on any atom is 0.0431 e. The van der Waals surface area contributed by atoms with Gasteiger partial charge >= 0.3 is 0 Å². The highest BCUT2D eigenvalue weighted by atomic mass is 16.2. The fraction of sp³-hybridized carbons (Fsp3) is 1.00. The third-order valence-electron chi connectivity index (χ3n) is 2.80. The minimum atomic E-state index is 0.350. The second-order valence-electron chi connectivity index (χ2n) is 3.93. The lowest BCUT2D eigenvalue weighted by Gasteiger charge is -2.35. The number of nitrogens with one attached hydrogen (secondary N) is 1. The monoisotopic (exact) mass is 186 g/mol. The summed E-state index contributed by atoms with van der Waals surface area (Å²) in [5, 5.41) is 11.9. The third-order valence-corrected chi connectivity index (χ3v) is 2.80. The summed E-state index contributed by atoms with van der Waals surface area (Å²) in [4.78, 5) is 2.44. The zero-order valence-electron chi connectivity index (χ0n) is 8.63. The fourth-order valence-corrected chi connectivity index (χ4v) is 1.59. The molecule has 0 radical (unpaired) electrons. The molecule has 2 N–H and O–H groups in total. The van der Waals surface area contributed by atoms with Crippen LogP contribution in [0.5, 0.6) is 0 Å². The van der Waals surface area contributed by atoms with Crippen LogP contribution in [-0.2, 0) is 0 Å². The molecule has 3 nitrogen and oxygen atoms in total. The van der Waals surface area contributed by atoms with Crippen LogP contribution in [0.4, 0.5) is 0 Å². The van der Waals surface area contributed by atoms with Crippen molar-refractivity contribution in [2.24, 2.45) is 0 Å². The molecule has 0 aromatic heterocycles. The van der Waals surface area contributed by atoms with E-state index in [1.165, 1.54) is 25.8 Å². The highest BCUT2D eigenvalue weighted by molar-refractivity contribution is 4.82. The number of hydrogen-bond donors (Lipinski definition) is 2. The quantitative estimate of drug-likeness (QED) is 0.566. The zero-order chi connectivity index (χ0) is 9.52. The molecule has 0 atom stereocenters. The zero-order valence-corrected chi connectivity index (χ0v) is 8.63. The van der Waals surface area contributed by atoms with Crippen LogP contribution in [0.15, 0.2) is 0 Å². The van der Waals surface area contributed by atoms with Crippen LogP contribution < -0.4 is 5.32 Å². The maximum atomic E-state index is 8.59. The number of likely N-dealkylation sites (N-methyl/N-ethyl adjacent to an activating group) is 1. The Kier molecular flexibility index (Phi) is 5.35. The molecule has 0 aliphatic carbocycles. The Morgan fingerprint density at radius 1 is 1.23 bits per heavy atom. The third kappa shape index (κ3) is 4.07. The van der Waals surface area contributed by atoms with E-state index in [9.17, 15) is 0 Å². The highest BCUT2D eigenvalue weighted by Gasteiger charge is 2.20. The predicted molar refractivity (Wildman–Crippen MR) is 54.8 cm³/mol. The van der Waals surface area contributed by atoms with Gasteiger partial charge in [-0.3, -0.25) is 0 Å². The molecule has 0 aromatic carbocycles. The van der Waals surface area contributed by atoms with Gasteiger partial charge in [0.05, 0.1) is 0 Å². The first-order valence-corrected chi connectivity index (χ1v) is 5.36. The summed E-state index contributed by atoms with van der Waals surface area (Å²) in [6.45, 7) is 3.88. The Bertz CT molecular complexity index is 126. The van der Waals surface area contributed by atoms with E-state index in [0.717, 1.165) is 25.6 Å². The smallest absolute Gasteiger partial charge is 0.0431 e. The Morgan fingerprint density at radius 3 is 2.46 bits per heavy atom. The molecule has 0 bridgehead atoms. The van der Waals surface area contributed by atoms with Gasteiger partial charge in [-0.2, -0.15) is 0 Å². The van der Waals surface area contributed by atoms with E-state index >= 15 is 0 Å². The summed E-state index contributed by atoms with van der Waals surface area (Å²) in [7, 11) is 2.21. The van der Waals surface area contributed by atoms with Crippen LogP contribution in [0.1, 0.15) is 25.7 Å². The number of unbranched alkanes of at least 4 members (excludes halogenated alkanes) is 3. The Morgan fingerprint density at radius 2 is 1.92 bits per heavy atom. The van der Waals surface area contributed by atoms with Gasteiger partial charge in [0.2, 0.25) is 0 Å². The second-order valence-corrected chi connectivity index (χ2v) is 3.93. The SMILES string of the molecule is CN(CCCCCCO)C1CNC1. The van der Waals surface area contributed by atoms with Crippen molar-refractivity contribution in [1.29, 1.82) is 0 Å². The van der Waals surface area contributed by atoms with Crippen molar-refractivity contribution in [2.75, 3.05) is 33.3 Å².